The van der Waals surface area contributed by atoms with Crippen LogP contribution in [0, 0.1) is 0 Å². The Labute approximate surface area is 166 Å². The van der Waals surface area contributed by atoms with Gasteiger partial charge in [0.25, 0.3) is 0 Å². The summed E-state index contributed by atoms with van der Waals surface area (Å²) in [6.45, 7) is 5.26. The number of benzene rings is 2. The molecule has 0 aliphatic carbocycles. The average molecular weight is 403 g/mol. The van der Waals surface area contributed by atoms with Gasteiger partial charge in [0.15, 0.2) is 0 Å². The van der Waals surface area contributed by atoms with E-state index >= 15 is 0 Å². The van der Waals surface area contributed by atoms with Gasteiger partial charge in [-0.05, 0) is 49.2 Å². The second kappa shape index (κ2) is 8.11. The molecule has 28 heavy (non-hydrogen) atoms. The number of nitrogens with zero attached hydrogens (tertiary/aromatic N) is 2. The molecule has 0 saturated carbocycles. The molecule has 6 nitrogen and oxygen atoms in total. The van der Waals surface area contributed by atoms with E-state index in [1.165, 1.54) is 15.6 Å². The molecule has 2 aliphatic rings. The van der Waals surface area contributed by atoms with Crippen molar-refractivity contribution in [2.45, 2.75) is 24.3 Å². The molecule has 1 atom stereocenters. The summed E-state index contributed by atoms with van der Waals surface area (Å²) in [6, 6.07) is 15.6. The molecule has 4 rings (SSSR count). The van der Waals surface area contributed by atoms with Gasteiger partial charge in [0.2, 0.25) is 10.0 Å². The third-order valence-corrected chi connectivity index (χ3v) is 7.29. The van der Waals surface area contributed by atoms with Crippen molar-refractivity contribution in [3.63, 3.8) is 0 Å². The number of hydrogen-bond acceptors (Lipinski definition) is 5. The Bertz CT molecular complexity index is 908. The number of sulfonamides is 1. The SMILES string of the molecule is CC1Cc2ccccc2N1CCOc1ccc(S(=O)(=O)N2CCOCC2)cc1. The summed E-state index contributed by atoms with van der Waals surface area (Å²) < 4.78 is 37.9. The first-order valence-corrected chi connectivity index (χ1v) is 11.1. The summed E-state index contributed by atoms with van der Waals surface area (Å²) in [7, 11) is -3.46. The largest absolute Gasteiger partial charge is 0.492 e. The molecule has 0 amide bonds. The molecule has 2 aliphatic heterocycles. The Morgan fingerprint density at radius 1 is 1.07 bits per heavy atom. The quantitative estimate of drug-likeness (QED) is 0.743. The molecule has 0 aromatic heterocycles. The van der Waals surface area contributed by atoms with Gasteiger partial charge in [-0.25, -0.2) is 8.42 Å². The van der Waals surface area contributed by atoms with Crippen LogP contribution in [-0.2, 0) is 21.2 Å². The summed E-state index contributed by atoms with van der Waals surface area (Å²) in [4.78, 5) is 2.66. The van der Waals surface area contributed by atoms with Crippen LogP contribution in [0.5, 0.6) is 5.75 Å². The van der Waals surface area contributed by atoms with Gasteiger partial charge in [-0.1, -0.05) is 18.2 Å². The highest BCUT2D eigenvalue weighted by atomic mass is 32.2. The third kappa shape index (κ3) is 3.87. The number of rotatable bonds is 6. The molecule has 1 unspecified atom stereocenters. The number of morpholine rings is 1. The van der Waals surface area contributed by atoms with Gasteiger partial charge < -0.3 is 14.4 Å². The number of ether oxygens (including phenoxy) is 2. The van der Waals surface area contributed by atoms with Crippen molar-refractivity contribution in [3.05, 3.63) is 54.1 Å². The normalized spacial score (nSPS) is 20.2. The summed E-state index contributed by atoms with van der Waals surface area (Å²) >= 11 is 0. The van der Waals surface area contributed by atoms with Crippen LogP contribution in [0.15, 0.2) is 53.4 Å². The van der Waals surface area contributed by atoms with Crippen molar-refractivity contribution in [2.24, 2.45) is 0 Å². The molecular formula is C21H26N2O4S. The first-order chi connectivity index (χ1) is 13.6. The molecule has 2 aromatic rings. The Balaban J connectivity index is 1.35. The van der Waals surface area contributed by atoms with E-state index in [-0.39, 0.29) is 0 Å². The van der Waals surface area contributed by atoms with Gasteiger partial charge in [0, 0.05) is 24.8 Å². The smallest absolute Gasteiger partial charge is 0.243 e. The van der Waals surface area contributed by atoms with Crippen LogP contribution in [0.4, 0.5) is 5.69 Å². The fourth-order valence-corrected chi connectivity index (χ4v) is 5.28. The van der Waals surface area contributed by atoms with Gasteiger partial charge in [0.1, 0.15) is 12.4 Å². The molecule has 1 fully saturated rings. The summed E-state index contributed by atoms with van der Waals surface area (Å²) in [5, 5.41) is 0. The van der Waals surface area contributed by atoms with E-state index in [1.807, 2.05) is 0 Å². The Kier molecular flexibility index (Phi) is 5.57. The number of para-hydroxylation sites is 1. The molecule has 2 heterocycles. The zero-order valence-electron chi connectivity index (χ0n) is 16.1. The highest BCUT2D eigenvalue weighted by molar-refractivity contribution is 7.89. The lowest BCUT2D eigenvalue weighted by atomic mass is 10.1. The van der Waals surface area contributed by atoms with E-state index in [0.717, 1.165) is 13.0 Å². The predicted octanol–water partition coefficient (Wildman–Crippen LogP) is 2.54. The van der Waals surface area contributed by atoms with Crippen LogP contribution in [-0.4, -0.2) is 58.2 Å². The van der Waals surface area contributed by atoms with E-state index in [0.29, 0.717) is 49.6 Å². The van der Waals surface area contributed by atoms with Gasteiger partial charge in [-0.15, -0.1) is 0 Å². The zero-order valence-corrected chi connectivity index (χ0v) is 16.9. The van der Waals surface area contributed by atoms with Crippen LogP contribution in [0.25, 0.3) is 0 Å². The van der Waals surface area contributed by atoms with Crippen molar-refractivity contribution >= 4 is 15.7 Å². The van der Waals surface area contributed by atoms with Crippen LogP contribution >= 0.6 is 0 Å². The molecule has 0 radical (unpaired) electrons. The van der Waals surface area contributed by atoms with Crippen LogP contribution < -0.4 is 9.64 Å². The van der Waals surface area contributed by atoms with E-state index in [2.05, 4.69) is 36.1 Å². The van der Waals surface area contributed by atoms with E-state index in [9.17, 15) is 8.42 Å². The third-order valence-electron chi connectivity index (χ3n) is 5.38. The van der Waals surface area contributed by atoms with E-state index < -0.39 is 10.0 Å². The molecule has 0 N–H and O–H groups in total. The average Bonchev–Trinajstić information content (AvgIpc) is 3.04. The predicted molar refractivity (Wildman–Crippen MR) is 108 cm³/mol. The molecule has 1 saturated heterocycles. The summed E-state index contributed by atoms with van der Waals surface area (Å²) in [5.74, 6) is 0.682. The van der Waals surface area contributed by atoms with Crippen molar-refractivity contribution in [3.8, 4) is 5.75 Å². The van der Waals surface area contributed by atoms with Gasteiger partial charge >= 0.3 is 0 Å². The standard InChI is InChI=1S/C21H26N2O4S/c1-17-16-18-4-2-3-5-21(18)23(17)12-15-27-19-6-8-20(9-7-19)28(24,25)22-10-13-26-14-11-22/h2-9,17H,10-16H2,1H3. The second-order valence-corrected chi connectivity index (χ2v) is 9.15. The van der Waals surface area contributed by atoms with Gasteiger partial charge in [0.05, 0.1) is 24.7 Å². The number of hydrogen-bond donors (Lipinski definition) is 0. The Morgan fingerprint density at radius 2 is 1.79 bits per heavy atom. The summed E-state index contributed by atoms with van der Waals surface area (Å²) in [6.07, 6.45) is 1.06. The van der Waals surface area contributed by atoms with Crippen molar-refractivity contribution in [2.75, 3.05) is 44.4 Å². The lowest BCUT2D eigenvalue weighted by Crippen LogP contribution is -2.40. The highest BCUT2D eigenvalue weighted by Gasteiger charge is 2.27. The van der Waals surface area contributed by atoms with Gasteiger partial charge in [-0.3, -0.25) is 0 Å². The fraction of sp³-hybridized carbons (Fsp3) is 0.429. The summed E-state index contributed by atoms with van der Waals surface area (Å²) in [5.41, 5.74) is 2.67. The molecule has 7 heteroatoms. The maximum Gasteiger partial charge on any atom is 0.243 e. The maximum absolute atomic E-state index is 12.7. The number of anilines is 1. The second-order valence-electron chi connectivity index (χ2n) is 7.21. The first kappa shape index (κ1) is 19.2. The van der Waals surface area contributed by atoms with Crippen molar-refractivity contribution in [1.29, 1.82) is 0 Å². The zero-order chi connectivity index (χ0) is 19.6. The fourth-order valence-electron chi connectivity index (χ4n) is 3.88. The van der Waals surface area contributed by atoms with Crippen LogP contribution in [0.3, 0.4) is 0 Å². The topological polar surface area (TPSA) is 59.1 Å². The van der Waals surface area contributed by atoms with Crippen LogP contribution in [0.1, 0.15) is 12.5 Å². The Morgan fingerprint density at radius 3 is 2.54 bits per heavy atom. The minimum Gasteiger partial charge on any atom is -0.492 e. The first-order valence-electron chi connectivity index (χ1n) is 9.71. The van der Waals surface area contributed by atoms with Crippen molar-refractivity contribution < 1.29 is 17.9 Å². The number of fused-ring (bicyclic) bond motifs is 1. The van der Waals surface area contributed by atoms with Gasteiger partial charge in [-0.2, -0.15) is 4.31 Å². The van der Waals surface area contributed by atoms with Crippen molar-refractivity contribution in [1.82, 2.24) is 4.31 Å². The lowest BCUT2D eigenvalue weighted by Gasteiger charge is -2.26. The molecular weight excluding hydrogens is 376 g/mol. The van der Waals surface area contributed by atoms with Crippen LogP contribution in [0.2, 0.25) is 0 Å². The molecule has 0 bridgehead atoms. The van der Waals surface area contributed by atoms with E-state index in [4.69, 9.17) is 9.47 Å². The highest BCUT2D eigenvalue weighted by Crippen LogP contribution is 2.31. The molecule has 150 valence electrons. The Hall–Kier alpha value is -2.09. The minimum absolute atomic E-state index is 0.295. The minimum atomic E-state index is -3.46. The maximum atomic E-state index is 12.7. The van der Waals surface area contributed by atoms with E-state index in [1.54, 1.807) is 24.3 Å². The molecule has 2 aromatic carbocycles. The molecule has 0 spiro atoms. The monoisotopic (exact) mass is 402 g/mol. The lowest BCUT2D eigenvalue weighted by molar-refractivity contribution is 0.0730.